The lowest BCUT2D eigenvalue weighted by Gasteiger charge is -2.06. The van der Waals surface area contributed by atoms with Gasteiger partial charge in [0.1, 0.15) is 22.3 Å². The van der Waals surface area contributed by atoms with Crippen molar-refractivity contribution in [2.75, 3.05) is 0 Å². The minimum Gasteiger partial charge on any atom is -0.456 e. The summed E-state index contributed by atoms with van der Waals surface area (Å²) < 4.78 is 15.0. The smallest absolute Gasteiger partial charge is 0.135 e. The number of benzene rings is 6. The predicted octanol–water partition coefficient (Wildman–Crippen LogP) is 12.2. The van der Waals surface area contributed by atoms with Crippen molar-refractivity contribution in [3.63, 3.8) is 0 Å². The van der Waals surface area contributed by atoms with Crippen molar-refractivity contribution in [1.82, 2.24) is 4.98 Å². The highest BCUT2D eigenvalue weighted by atomic mass is 32.1. The average molecular weight is 594 g/mol. The van der Waals surface area contributed by atoms with Gasteiger partial charge in [-0.3, -0.25) is 4.98 Å². The molecule has 0 aliphatic heterocycles. The van der Waals surface area contributed by atoms with Gasteiger partial charge in [0.2, 0.25) is 0 Å². The minimum absolute atomic E-state index is 0.882. The van der Waals surface area contributed by atoms with Crippen LogP contribution in [0.5, 0.6) is 0 Å². The van der Waals surface area contributed by atoms with Gasteiger partial charge in [-0.2, -0.15) is 0 Å². The molecule has 0 unspecified atom stereocenters. The van der Waals surface area contributed by atoms with E-state index in [9.17, 15) is 0 Å². The summed E-state index contributed by atoms with van der Waals surface area (Å²) in [6, 6.07) is 45.0. The molecule has 3 nitrogen and oxygen atoms in total. The zero-order valence-electron chi connectivity index (χ0n) is 24.0. The normalized spacial score (nSPS) is 12.0. The fraction of sp³-hybridized carbons (Fsp3) is 0. The van der Waals surface area contributed by atoms with Crippen LogP contribution in [0.1, 0.15) is 0 Å². The number of fused-ring (bicyclic) bond motifs is 9. The zero-order chi connectivity index (χ0) is 29.5. The first-order valence-electron chi connectivity index (χ1n) is 15.0. The molecule has 10 aromatic rings. The van der Waals surface area contributed by atoms with Gasteiger partial charge in [-0.05, 0) is 76.9 Å². The Morgan fingerprint density at radius 1 is 0.400 bits per heavy atom. The van der Waals surface area contributed by atoms with E-state index in [4.69, 9.17) is 8.83 Å². The van der Waals surface area contributed by atoms with Crippen molar-refractivity contribution < 1.29 is 8.83 Å². The molecule has 4 aromatic heterocycles. The van der Waals surface area contributed by atoms with Crippen LogP contribution < -0.4 is 0 Å². The van der Waals surface area contributed by atoms with E-state index in [2.05, 4.69) is 120 Å². The molecule has 0 radical (unpaired) electrons. The molecule has 4 heteroatoms. The summed E-state index contributed by atoms with van der Waals surface area (Å²) in [5, 5.41) is 7.07. The molecule has 0 spiro atoms. The Morgan fingerprint density at radius 3 is 1.69 bits per heavy atom. The minimum atomic E-state index is 0.882. The van der Waals surface area contributed by atoms with E-state index in [1.54, 1.807) is 0 Å². The summed E-state index contributed by atoms with van der Waals surface area (Å²) in [6.45, 7) is 0. The van der Waals surface area contributed by atoms with Gasteiger partial charge in [0.05, 0.1) is 0 Å². The Morgan fingerprint density at radius 2 is 0.956 bits per heavy atom. The van der Waals surface area contributed by atoms with E-state index in [0.29, 0.717) is 0 Å². The van der Waals surface area contributed by atoms with E-state index in [1.165, 1.54) is 31.3 Å². The van der Waals surface area contributed by atoms with Crippen LogP contribution in [0.3, 0.4) is 0 Å². The van der Waals surface area contributed by atoms with Crippen LogP contribution in [0.15, 0.2) is 149 Å². The lowest BCUT2D eigenvalue weighted by atomic mass is 9.98. The Hall–Kier alpha value is -5.71. The van der Waals surface area contributed by atoms with Crippen molar-refractivity contribution in [1.29, 1.82) is 0 Å². The van der Waals surface area contributed by atoms with Gasteiger partial charge in [-0.25, -0.2) is 0 Å². The Kier molecular flexibility index (Phi) is 5.16. The van der Waals surface area contributed by atoms with Gasteiger partial charge in [-0.15, -0.1) is 11.3 Å². The maximum atomic E-state index is 6.31. The van der Waals surface area contributed by atoms with Crippen LogP contribution >= 0.6 is 11.3 Å². The molecule has 10 rings (SSSR count). The number of furan rings is 2. The summed E-state index contributed by atoms with van der Waals surface area (Å²) >= 11 is 1.86. The second-order valence-corrected chi connectivity index (χ2v) is 12.6. The standard InChI is InChI=1S/C41H23NO2S/c1-3-10-36-30(6-1)33-19-24(12-15-37(33)43-36)27-18-28(23-42-22-27)25-13-16-38-34(20-25)35-21-26(14-17-39(35)44-38)29-8-5-9-32-31-7-2-4-11-40(31)45-41(29)32/h1-23H. The first kappa shape index (κ1) is 24.7. The lowest BCUT2D eigenvalue weighted by molar-refractivity contribution is 0.668. The number of hydrogen-bond acceptors (Lipinski definition) is 4. The number of pyridine rings is 1. The fourth-order valence-electron chi connectivity index (χ4n) is 6.76. The molecule has 4 heterocycles. The third kappa shape index (κ3) is 3.79. The number of rotatable bonds is 3. The SMILES string of the molecule is c1ccc2c(c1)oc1ccc(-c3cncc(-c4ccc5oc6ccc(-c7cccc8c7sc7ccccc78)cc6c5c4)c3)cc12. The van der Waals surface area contributed by atoms with Gasteiger partial charge in [0.15, 0.2) is 0 Å². The fourth-order valence-corrected chi connectivity index (χ4v) is 8.00. The summed E-state index contributed by atoms with van der Waals surface area (Å²) in [5.74, 6) is 0. The molecule has 0 N–H and O–H groups in total. The second kappa shape index (κ2) is 9.39. The molecule has 6 aromatic carbocycles. The largest absolute Gasteiger partial charge is 0.456 e. The topological polar surface area (TPSA) is 39.2 Å². The second-order valence-electron chi connectivity index (χ2n) is 11.6. The van der Waals surface area contributed by atoms with Crippen molar-refractivity contribution in [2.45, 2.75) is 0 Å². The number of thiophene rings is 1. The number of hydrogen-bond donors (Lipinski definition) is 0. The predicted molar refractivity (Wildman–Crippen MR) is 188 cm³/mol. The highest BCUT2D eigenvalue weighted by Crippen LogP contribution is 2.42. The molecule has 45 heavy (non-hydrogen) atoms. The number of nitrogens with zero attached hydrogens (tertiary/aromatic N) is 1. The first-order valence-corrected chi connectivity index (χ1v) is 15.8. The van der Waals surface area contributed by atoms with E-state index >= 15 is 0 Å². The van der Waals surface area contributed by atoms with Crippen LogP contribution in [-0.2, 0) is 0 Å². The molecule has 0 atom stereocenters. The summed E-state index contributed by atoms with van der Waals surface area (Å²) in [6.07, 6.45) is 3.87. The van der Waals surface area contributed by atoms with Crippen LogP contribution in [0, 0.1) is 0 Å². The van der Waals surface area contributed by atoms with E-state index < -0.39 is 0 Å². The quantitative estimate of drug-likeness (QED) is 0.205. The molecule has 0 aliphatic rings. The van der Waals surface area contributed by atoms with E-state index in [0.717, 1.165) is 66.1 Å². The van der Waals surface area contributed by atoms with Gasteiger partial charge in [0.25, 0.3) is 0 Å². The van der Waals surface area contributed by atoms with Crippen LogP contribution in [0.2, 0.25) is 0 Å². The molecule has 210 valence electrons. The van der Waals surface area contributed by atoms with Crippen molar-refractivity contribution >= 4 is 75.4 Å². The van der Waals surface area contributed by atoms with E-state index in [1.807, 2.05) is 35.9 Å². The van der Waals surface area contributed by atoms with Crippen molar-refractivity contribution in [3.05, 3.63) is 140 Å². The zero-order valence-corrected chi connectivity index (χ0v) is 24.8. The number of aromatic nitrogens is 1. The third-order valence-electron chi connectivity index (χ3n) is 8.97. The van der Waals surface area contributed by atoms with Crippen molar-refractivity contribution in [3.8, 4) is 33.4 Å². The van der Waals surface area contributed by atoms with Gasteiger partial charge in [0, 0.05) is 65.2 Å². The van der Waals surface area contributed by atoms with Crippen LogP contribution in [0.25, 0.3) is 97.4 Å². The maximum Gasteiger partial charge on any atom is 0.135 e. The molecule has 0 aliphatic carbocycles. The molecule has 0 bridgehead atoms. The highest BCUT2D eigenvalue weighted by Gasteiger charge is 2.15. The lowest BCUT2D eigenvalue weighted by Crippen LogP contribution is -1.84. The third-order valence-corrected chi connectivity index (χ3v) is 10.2. The highest BCUT2D eigenvalue weighted by molar-refractivity contribution is 7.26. The van der Waals surface area contributed by atoms with E-state index in [-0.39, 0.29) is 0 Å². The summed E-state index contributed by atoms with van der Waals surface area (Å²) in [7, 11) is 0. The monoisotopic (exact) mass is 593 g/mol. The molecule has 0 saturated carbocycles. The Balaban J connectivity index is 1.09. The Bertz CT molecular complexity index is 2780. The maximum absolute atomic E-state index is 6.31. The Labute approximate surface area is 261 Å². The van der Waals surface area contributed by atoms with Crippen molar-refractivity contribution in [2.24, 2.45) is 0 Å². The average Bonchev–Trinajstić information content (AvgIpc) is 3.78. The van der Waals surface area contributed by atoms with Crippen LogP contribution in [0.4, 0.5) is 0 Å². The van der Waals surface area contributed by atoms with Gasteiger partial charge in [-0.1, -0.05) is 72.8 Å². The molecule has 0 saturated heterocycles. The molecule has 0 amide bonds. The molecular weight excluding hydrogens is 571 g/mol. The first-order chi connectivity index (χ1) is 22.3. The number of para-hydroxylation sites is 1. The molecular formula is C41H23NO2S. The summed E-state index contributed by atoms with van der Waals surface area (Å²) in [4.78, 5) is 4.65. The van der Waals surface area contributed by atoms with Crippen LogP contribution in [-0.4, -0.2) is 4.98 Å². The summed E-state index contributed by atoms with van der Waals surface area (Å²) in [5.41, 5.74) is 10.4. The van der Waals surface area contributed by atoms with Gasteiger partial charge < -0.3 is 8.83 Å². The van der Waals surface area contributed by atoms with Gasteiger partial charge >= 0.3 is 0 Å². The molecule has 0 fully saturated rings.